The highest BCUT2D eigenvalue weighted by molar-refractivity contribution is 6.30. The van der Waals surface area contributed by atoms with Crippen LogP contribution in [0.3, 0.4) is 0 Å². The number of benzene rings is 1. The van der Waals surface area contributed by atoms with E-state index in [0.717, 1.165) is 35.7 Å². The lowest BCUT2D eigenvalue weighted by Gasteiger charge is -2.31. The van der Waals surface area contributed by atoms with Crippen molar-refractivity contribution in [2.75, 3.05) is 13.1 Å². The van der Waals surface area contributed by atoms with E-state index in [-0.39, 0.29) is 11.8 Å². The van der Waals surface area contributed by atoms with Crippen molar-refractivity contribution >= 4 is 17.5 Å². The summed E-state index contributed by atoms with van der Waals surface area (Å²) < 4.78 is 5.99. The van der Waals surface area contributed by atoms with E-state index in [1.54, 1.807) is 18.5 Å². The Labute approximate surface area is 163 Å². The molecule has 0 bridgehead atoms. The lowest BCUT2D eigenvalue weighted by Crippen LogP contribution is -2.39. The lowest BCUT2D eigenvalue weighted by atomic mass is 9.97. The summed E-state index contributed by atoms with van der Waals surface area (Å²) in [6, 6.07) is 13.1. The minimum atomic E-state index is -0.0340. The van der Waals surface area contributed by atoms with Gasteiger partial charge in [-0.25, -0.2) is 4.98 Å². The molecule has 1 aromatic carbocycles. The van der Waals surface area contributed by atoms with Gasteiger partial charge < -0.3 is 9.32 Å². The second kappa shape index (κ2) is 7.92. The van der Waals surface area contributed by atoms with E-state index in [0.29, 0.717) is 24.6 Å². The van der Waals surface area contributed by atoms with Crippen LogP contribution < -0.4 is 0 Å². The van der Waals surface area contributed by atoms with Crippen LogP contribution in [0.1, 0.15) is 46.5 Å². The van der Waals surface area contributed by atoms with Crippen LogP contribution in [0.5, 0.6) is 0 Å². The van der Waals surface area contributed by atoms with Crippen LogP contribution in [0.4, 0.5) is 0 Å². The summed E-state index contributed by atoms with van der Waals surface area (Å²) in [6.07, 6.45) is 5.99. The molecular weight excluding hydrogens is 362 g/mol. The summed E-state index contributed by atoms with van der Waals surface area (Å²) in [6.45, 7) is 1.35. The maximum atomic E-state index is 12.7. The molecule has 0 aliphatic carbocycles. The predicted molar refractivity (Wildman–Crippen MR) is 103 cm³/mol. The lowest BCUT2D eigenvalue weighted by molar-refractivity contribution is 0.0692. The molecule has 5 nitrogen and oxygen atoms in total. The van der Waals surface area contributed by atoms with Crippen molar-refractivity contribution in [2.45, 2.75) is 25.2 Å². The Morgan fingerprint density at radius 2 is 2.04 bits per heavy atom. The van der Waals surface area contributed by atoms with Crippen molar-refractivity contribution in [3.8, 4) is 0 Å². The molecule has 27 heavy (non-hydrogen) atoms. The third-order valence-corrected chi connectivity index (χ3v) is 5.06. The van der Waals surface area contributed by atoms with Gasteiger partial charge in [0.2, 0.25) is 0 Å². The number of halogens is 1. The van der Waals surface area contributed by atoms with Gasteiger partial charge in [-0.2, -0.15) is 0 Å². The molecule has 1 saturated heterocycles. The molecule has 1 atom stereocenters. The highest BCUT2D eigenvalue weighted by Crippen LogP contribution is 2.28. The molecule has 0 saturated carbocycles. The first-order valence-corrected chi connectivity index (χ1v) is 9.46. The first-order valence-electron chi connectivity index (χ1n) is 9.08. The number of oxazole rings is 1. The van der Waals surface area contributed by atoms with E-state index in [9.17, 15) is 4.79 Å². The molecule has 1 fully saturated rings. The number of pyridine rings is 1. The van der Waals surface area contributed by atoms with E-state index in [1.165, 1.54) is 0 Å². The van der Waals surface area contributed by atoms with Crippen molar-refractivity contribution in [1.82, 2.24) is 14.9 Å². The van der Waals surface area contributed by atoms with Gasteiger partial charge in [0.15, 0.2) is 5.89 Å². The Morgan fingerprint density at radius 1 is 1.19 bits per heavy atom. The predicted octanol–water partition coefficient (Wildman–Crippen LogP) is 4.33. The van der Waals surface area contributed by atoms with E-state index < -0.39 is 0 Å². The van der Waals surface area contributed by atoms with Crippen LogP contribution in [0.2, 0.25) is 5.02 Å². The fourth-order valence-corrected chi connectivity index (χ4v) is 3.54. The molecular formula is C21H20ClN3O2. The average molecular weight is 382 g/mol. The van der Waals surface area contributed by atoms with Crippen LogP contribution in [0.15, 0.2) is 59.3 Å². The first kappa shape index (κ1) is 17.7. The summed E-state index contributed by atoms with van der Waals surface area (Å²) in [5, 5.41) is 0.719. The number of piperidine rings is 1. The Balaban J connectivity index is 1.43. The zero-order valence-electron chi connectivity index (χ0n) is 14.8. The topological polar surface area (TPSA) is 59.2 Å². The number of amides is 1. The van der Waals surface area contributed by atoms with Crippen molar-refractivity contribution < 1.29 is 9.21 Å². The number of rotatable bonds is 4. The van der Waals surface area contributed by atoms with Crippen LogP contribution >= 0.6 is 11.6 Å². The smallest absolute Gasteiger partial charge is 0.272 e. The molecule has 1 amide bonds. The molecule has 4 rings (SSSR count). The number of carbonyl (C=O) groups excluding carboxylic acids is 1. The number of hydrogen-bond acceptors (Lipinski definition) is 4. The second-order valence-corrected chi connectivity index (χ2v) is 7.21. The minimum Gasteiger partial charge on any atom is -0.445 e. The molecule has 3 heterocycles. The zero-order chi connectivity index (χ0) is 18.6. The van der Waals surface area contributed by atoms with Gasteiger partial charge in [-0.05, 0) is 42.7 Å². The molecule has 6 heteroatoms. The third-order valence-electron chi connectivity index (χ3n) is 4.80. The van der Waals surface area contributed by atoms with Gasteiger partial charge in [-0.3, -0.25) is 9.78 Å². The number of carbonyl (C=O) groups is 1. The number of aromatic nitrogens is 2. The largest absolute Gasteiger partial charge is 0.445 e. The summed E-state index contributed by atoms with van der Waals surface area (Å²) in [7, 11) is 0. The van der Waals surface area contributed by atoms with Gasteiger partial charge in [0.05, 0.1) is 12.1 Å². The second-order valence-electron chi connectivity index (χ2n) is 6.77. The quantitative estimate of drug-likeness (QED) is 0.674. The Hall–Kier alpha value is -2.66. The monoisotopic (exact) mass is 381 g/mol. The van der Waals surface area contributed by atoms with Gasteiger partial charge in [0.1, 0.15) is 11.5 Å². The van der Waals surface area contributed by atoms with Crippen LogP contribution in [0, 0.1) is 0 Å². The maximum Gasteiger partial charge on any atom is 0.272 e. The number of likely N-dealkylation sites (tertiary alicyclic amines) is 1. The normalized spacial score (nSPS) is 17.1. The summed E-state index contributed by atoms with van der Waals surface area (Å²) in [5.74, 6) is 1.61. The number of hydrogen-bond donors (Lipinski definition) is 0. The standard InChI is InChI=1S/C21H20ClN3O2/c22-17-8-6-15(7-9-17)12-18-13-24-20(27-18)16-4-3-11-25(14-16)21(26)19-5-1-2-10-23-19/h1-2,5-10,13,16H,3-4,11-12,14H2. The summed E-state index contributed by atoms with van der Waals surface area (Å²) in [4.78, 5) is 23.1. The fraction of sp³-hybridized carbons (Fsp3) is 0.286. The van der Waals surface area contributed by atoms with Gasteiger partial charge in [-0.1, -0.05) is 29.8 Å². The highest BCUT2D eigenvalue weighted by atomic mass is 35.5. The van der Waals surface area contributed by atoms with Crippen LogP contribution in [-0.2, 0) is 6.42 Å². The van der Waals surface area contributed by atoms with Gasteiger partial charge in [0.25, 0.3) is 5.91 Å². The molecule has 1 aliphatic heterocycles. The highest BCUT2D eigenvalue weighted by Gasteiger charge is 2.28. The molecule has 2 aromatic heterocycles. The SMILES string of the molecule is O=C(c1ccccn1)N1CCCC(c2ncc(Cc3ccc(Cl)cc3)o2)C1. The van der Waals surface area contributed by atoms with E-state index in [1.807, 2.05) is 41.3 Å². The molecule has 1 unspecified atom stereocenters. The third kappa shape index (κ3) is 4.19. The molecule has 0 N–H and O–H groups in total. The average Bonchev–Trinajstić information content (AvgIpc) is 3.18. The maximum absolute atomic E-state index is 12.7. The molecule has 0 spiro atoms. The van der Waals surface area contributed by atoms with Crippen molar-refractivity contribution in [2.24, 2.45) is 0 Å². The van der Waals surface area contributed by atoms with Crippen molar-refractivity contribution in [3.05, 3.63) is 82.8 Å². The fourth-order valence-electron chi connectivity index (χ4n) is 3.41. The Bertz CT molecular complexity index is 909. The first-order chi connectivity index (χ1) is 13.2. The van der Waals surface area contributed by atoms with Gasteiger partial charge >= 0.3 is 0 Å². The molecule has 138 valence electrons. The van der Waals surface area contributed by atoms with E-state index in [4.69, 9.17) is 16.0 Å². The zero-order valence-corrected chi connectivity index (χ0v) is 15.6. The van der Waals surface area contributed by atoms with Gasteiger partial charge in [0, 0.05) is 30.7 Å². The summed E-state index contributed by atoms with van der Waals surface area (Å²) >= 11 is 5.93. The van der Waals surface area contributed by atoms with Crippen LogP contribution in [-0.4, -0.2) is 33.9 Å². The minimum absolute atomic E-state index is 0.0340. The van der Waals surface area contributed by atoms with Gasteiger partial charge in [-0.15, -0.1) is 0 Å². The van der Waals surface area contributed by atoms with Crippen LogP contribution in [0.25, 0.3) is 0 Å². The summed E-state index contributed by atoms with van der Waals surface area (Å²) in [5.41, 5.74) is 1.60. The molecule has 0 radical (unpaired) electrons. The molecule has 3 aromatic rings. The Morgan fingerprint density at radius 3 is 2.81 bits per heavy atom. The van der Waals surface area contributed by atoms with Crippen molar-refractivity contribution in [3.63, 3.8) is 0 Å². The van der Waals surface area contributed by atoms with E-state index in [2.05, 4.69) is 9.97 Å². The Kier molecular flexibility index (Phi) is 5.21. The number of nitrogens with zero attached hydrogens (tertiary/aromatic N) is 3. The molecule has 1 aliphatic rings. The van der Waals surface area contributed by atoms with E-state index >= 15 is 0 Å². The van der Waals surface area contributed by atoms with Crippen molar-refractivity contribution in [1.29, 1.82) is 0 Å².